The summed E-state index contributed by atoms with van der Waals surface area (Å²) in [6, 6.07) is 1.15. The summed E-state index contributed by atoms with van der Waals surface area (Å²) < 4.78 is 2.57. The number of hydrogen-bond donors (Lipinski definition) is 1. The van der Waals surface area contributed by atoms with Gasteiger partial charge in [-0.1, -0.05) is 13.8 Å². The molecule has 0 aliphatic heterocycles. The summed E-state index contributed by atoms with van der Waals surface area (Å²) in [5.41, 5.74) is 3.30. The fourth-order valence-corrected chi connectivity index (χ4v) is 4.36. The number of imidazole rings is 1. The van der Waals surface area contributed by atoms with Gasteiger partial charge in [0.05, 0.1) is 11.7 Å². The van der Waals surface area contributed by atoms with E-state index in [2.05, 4.69) is 37.7 Å². The number of aryl methyl sites for hydroxylation is 2. The van der Waals surface area contributed by atoms with Gasteiger partial charge in [-0.3, -0.25) is 0 Å². The minimum atomic E-state index is 0.387. The first-order valence-corrected chi connectivity index (χ1v) is 7.78. The van der Waals surface area contributed by atoms with Gasteiger partial charge in [-0.05, 0) is 57.9 Å². The highest BCUT2D eigenvalue weighted by atomic mass is 15.2. The monoisotopic (exact) mass is 261 g/mol. The van der Waals surface area contributed by atoms with Crippen molar-refractivity contribution in [2.45, 2.75) is 71.4 Å². The van der Waals surface area contributed by atoms with Crippen LogP contribution in [0.3, 0.4) is 0 Å². The van der Waals surface area contributed by atoms with Crippen molar-refractivity contribution in [2.75, 3.05) is 7.05 Å². The summed E-state index contributed by atoms with van der Waals surface area (Å²) >= 11 is 0. The molecule has 106 valence electrons. The molecule has 0 aromatic carbocycles. The van der Waals surface area contributed by atoms with Crippen LogP contribution in [-0.4, -0.2) is 22.6 Å². The zero-order valence-electron chi connectivity index (χ0n) is 12.8. The molecule has 3 nitrogen and oxygen atoms in total. The number of aromatic nitrogens is 2. The lowest BCUT2D eigenvalue weighted by atomic mass is 9.86. The zero-order chi connectivity index (χ0) is 13.6. The van der Waals surface area contributed by atoms with E-state index in [0.717, 1.165) is 0 Å². The lowest BCUT2D eigenvalue weighted by Gasteiger charge is -2.32. The van der Waals surface area contributed by atoms with Gasteiger partial charge in [0.15, 0.2) is 0 Å². The molecule has 0 amide bonds. The van der Waals surface area contributed by atoms with Crippen molar-refractivity contribution in [1.82, 2.24) is 14.9 Å². The van der Waals surface area contributed by atoms with Crippen LogP contribution in [0.15, 0.2) is 0 Å². The number of rotatable bonds is 2. The zero-order valence-corrected chi connectivity index (χ0v) is 12.8. The van der Waals surface area contributed by atoms with Crippen LogP contribution in [0.2, 0.25) is 0 Å². The van der Waals surface area contributed by atoms with Crippen LogP contribution in [0.1, 0.15) is 62.8 Å². The van der Waals surface area contributed by atoms with Crippen LogP contribution in [0.4, 0.5) is 0 Å². The SMILES string of the molecule is CNC1C(n2c(C)nc3c2CCCC3)CCC1(C)C. The quantitative estimate of drug-likeness (QED) is 0.887. The van der Waals surface area contributed by atoms with Crippen LogP contribution >= 0.6 is 0 Å². The molecule has 2 aliphatic rings. The third kappa shape index (κ3) is 2.03. The molecule has 0 radical (unpaired) electrons. The van der Waals surface area contributed by atoms with Crippen molar-refractivity contribution >= 4 is 0 Å². The van der Waals surface area contributed by atoms with E-state index in [0.29, 0.717) is 17.5 Å². The molecular formula is C16H27N3. The van der Waals surface area contributed by atoms with E-state index in [-0.39, 0.29) is 0 Å². The molecule has 1 heterocycles. The Morgan fingerprint density at radius 2 is 2.00 bits per heavy atom. The molecule has 1 aromatic heterocycles. The molecular weight excluding hydrogens is 234 g/mol. The third-order valence-corrected chi connectivity index (χ3v) is 5.30. The fraction of sp³-hybridized carbons (Fsp3) is 0.812. The molecule has 3 rings (SSSR count). The molecule has 1 saturated carbocycles. The van der Waals surface area contributed by atoms with Gasteiger partial charge >= 0.3 is 0 Å². The van der Waals surface area contributed by atoms with Crippen molar-refractivity contribution in [2.24, 2.45) is 5.41 Å². The van der Waals surface area contributed by atoms with E-state index >= 15 is 0 Å². The maximum Gasteiger partial charge on any atom is 0.106 e. The number of likely N-dealkylation sites (N-methyl/N-ethyl adjacent to an activating group) is 1. The molecule has 0 saturated heterocycles. The molecule has 2 atom stereocenters. The maximum absolute atomic E-state index is 4.85. The highest BCUT2D eigenvalue weighted by molar-refractivity contribution is 5.22. The van der Waals surface area contributed by atoms with Gasteiger partial charge in [-0.2, -0.15) is 0 Å². The predicted octanol–water partition coefficient (Wildman–Crippen LogP) is 3.02. The Morgan fingerprint density at radius 1 is 1.26 bits per heavy atom. The van der Waals surface area contributed by atoms with E-state index in [4.69, 9.17) is 4.98 Å². The Labute approximate surface area is 116 Å². The van der Waals surface area contributed by atoms with Crippen LogP contribution in [0.25, 0.3) is 0 Å². The fourth-order valence-electron chi connectivity index (χ4n) is 4.36. The van der Waals surface area contributed by atoms with Gasteiger partial charge in [-0.25, -0.2) is 4.98 Å². The second kappa shape index (κ2) is 4.62. The predicted molar refractivity (Wildman–Crippen MR) is 78.5 cm³/mol. The highest BCUT2D eigenvalue weighted by Crippen LogP contribution is 2.45. The average Bonchev–Trinajstić information content (AvgIpc) is 2.84. The first-order chi connectivity index (χ1) is 9.04. The summed E-state index contributed by atoms with van der Waals surface area (Å²) in [6.07, 6.45) is 7.64. The number of hydrogen-bond acceptors (Lipinski definition) is 2. The molecule has 1 N–H and O–H groups in total. The molecule has 3 heteroatoms. The van der Waals surface area contributed by atoms with Crippen molar-refractivity contribution in [1.29, 1.82) is 0 Å². The van der Waals surface area contributed by atoms with Crippen LogP contribution in [0, 0.1) is 12.3 Å². The summed E-state index contributed by atoms with van der Waals surface area (Å²) in [5.74, 6) is 1.23. The van der Waals surface area contributed by atoms with Crippen molar-refractivity contribution in [3.63, 3.8) is 0 Å². The van der Waals surface area contributed by atoms with Crippen LogP contribution in [0.5, 0.6) is 0 Å². The lowest BCUT2D eigenvalue weighted by Crippen LogP contribution is -2.41. The second-order valence-electron chi connectivity index (χ2n) is 6.99. The number of fused-ring (bicyclic) bond motifs is 1. The largest absolute Gasteiger partial charge is 0.327 e. The normalized spacial score (nSPS) is 29.5. The molecule has 2 unspecified atom stereocenters. The van der Waals surface area contributed by atoms with Crippen molar-refractivity contribution in [3.8, 4) is 0 Å². The minimum Gasteiger partial charge on any atom is -0.327 e. The molecule has 19 heavy (non-hydrogen) atoms. The molecule has 1 aromatic rings. The first-order valence-electron chi connectivity index (χ1n) is 7.78. The summed E-state index contributed by atoms with van der Waals surface area (Å²) in [6.45, 7) is 6.98. The Bertz CT molecular complexity index is 473. The van der Waals surface area contributed by atoms with Gasteiger partial charge in [0.1, 0.15) is 5.82 Å². The van der Waals surface area contributed by atoms with E-state index in [1.165, 1.54) is 55.7 Å². The maximum atomic E-state index is 4.85. The highest BCUT2D eigenvalue weighted by Gasteiger charge is 2.43. The first kappa shape index (κ1) is 13.2. The number of nitrogens with zero attached hydrogens (tertiary/aromatic N) is 2. The topological polar surface area (TPSA) is 29.9 Å². The molecule has 2 aliphatic carbocycles. The van der Waals surface area contributed by atoms with Crippen LogP contribution in [-0.2, 0) is 12.8 Å². The van der Waals surface area contributed by atoms with Gasteiger partial charge in [0.2, 0.25) is 0 Å². The van der Waals surface area contributed by atoms with Crippen molar-refractivity contribution in [3.05, 3.63) is 17.2 Å². The third-order valence-electron chi connectivity index (χ3n) is 5.30. The smallest absolute Gasteiger partial charge is 0.106 e. The van der Waals surface area contributed by atoms with Crippen LogP contribution < -0.4 is 5.32 Å². The Hall–Kier alpha value is -0.830. The standard InChI is InChI=1S/C16H27N3/c1-11-18-12-7-5-6-8-13(12)19(11)14-9-10-16(2,3)15(14)17-4/h14-15,17H,5-10H2,1-4H3. The van der Waals surface area contributed by atoms with E-state index in [1.54, 1.807) is 0 Å². The van der Waals surface area contributed by atoms with Crippen molar-refractivity contribution < 1.29 is 0 Å². The summed E-state index contributed by atoms with van der Waals surface area (Å²) in [4.78, 5) is 4.85. The molecule has 1 fully saturated rings. The number of nitrogens with one attached hydrogen (secondary N) is 1. The van der Waals surface area contributed by atoms with Gasteiger partial charge in [0.25, 0.3) is 0 Å². The summed E-state index contributed by atoms with van der Waals surface area (Å²) in [5, 5.41) is 3.58. The Balaban J connectivity index is 2.01. The van der Waals surface area contributed by atoms with Gasteiger partial charge in [-0.15, -0.1) is 0 Å². The Kier molecular flexibility index (Phi) is 3.20. The minimum absolute atomic E-state index is 0.387. The lowest BCUT2D eigenvalue weighted by molar-refractivity contribution is 0.257. The van der Waals surface area contributed by atoms with E-state index in [1.807, 2.05) is 0 Å². The summed E-state index contributed by atoms with van der Waals surface area (Å²) in [7, 11) is 2.11. The molecule has 0 spiro atoms. The Morgan fingerprint density at radius 3 is 2.74 bits per heavy atom. The van der Waals surface area contributed by atoms with E-state index in [9.17, 15) is 0 Å². The molecule has 0 bridgehead atoms. The second-order valence-corrected chi connectivity index (χ2v) is 6.99. The van der Waals surface area contributed by atoms with Gasteiger partial charge in [0, 0.05) is 11.7 Å². The van der Waals surface area contributed by atoms with E-state index < -0.39 is 0 Å². The van der Waals surface area contributed by atoms with Gasteiger partial charge < -0.3 is 9.88 Å². The average molecular weight is 261 g/mol.